The van der Waals surface area contributed by atoms with Gasteiger partial charge in [-0.1, -0.05) is 23.2 Å². The van der Waals surface area contributed by atoms with Crippen molar-refractivity contribution in [3.05, 3.63) is 59.1 Å². The Morgan fingerprint density at radius 3 is 2.57 bits per heavy atom. The quantitative estimate of drug-likeness (QED) is 0.532. The second-order valence-electron chi connectivity index (χ2n) is 4.80. The van der Waals surface area contributed by atoms with Crippen molar-refractivity contribution in [2.75, 3.05) is 0 Å². The summed E-state index contributed by atoms with van der Waals surface area (Å²) in [5.41, 5.74) is 3.86. The van der Waals surface area contributed by atoms with Crippen LogP contribution in [0.15, 0.2) is 49.1 Å². The van der Waals surface area contributed by atoms with E-state index in [2.05, 4.69) is 15.0 Å². The Morgan fingerprint density at radius 1 is 0.952 bits per heavy atom. The zero-order chi connectivity index (χ0) is 14.4. The lowest BCUT2D eigenvalue weighted by atomic mass is 10.0. The first-order valence-electron chi connectivity index (χ1n) is 6.38. The maximum atomic E-state index is 6.12. The number of nitrogens with zero attached hydrogens (tertiary/aromatic N) is 2. The summed E-state index contributed by atoms with van der Waals surface area (Å²) in [6.07, 6.45) is 5.30. The Morgan fingerprint density at radius 2 is 1.76 bits per heavy atom. The number of aromatic nitrogens is 3. The highest BCUT2D eigenvalue weighted by molar-refractivity contribution is 6.35. The third kappa shape index (κ3) is 2.06. The maximum Gasteiger partial charge on any atom is 0.0923 e. The zero-order valence-electron chi connectivity index (χ0n) is 10.8. The minimum atomic E-state index is 0.607. The Balaban J connectivity index is 2.13. The molecule has 0 unspecified atom stereocenters. The number of H-pyrrole nitrogens is 1. The first-order valence-corrected chi connectivity index (χ1v) is 7.14. The van der Waals surface area contributed by atoms with Crippen molar-refractivity contribution in [2.45, 2.75) is 0 Å². The van der Waals surface area contributed by atoms with Crippen molar-refractivity contribution in [2.24, 2.45) is 0 Å². The van der Waals surface area contributed by atoms with E-state index in [1.54, 1.807) is 18.6 Å². The van der Waals surface area contributed by atoms with E-state index in [0.717, 1.165) is 32.9 Å². The number of rotatable bonds is 1. The summed E-state index contributed by atoms with van der Waals surface area (Å²) < 4.78 is 0. The van der Waals surface area contributed by atoms with E-state index in [1.165, 1.54) is 0 Å². The molecular formula is C16H9Cl2N3. The lowest BCUT2D eigenvalue weighted by molar-refractivity contribution is 1.23. The van der Waals surface area contributed by atoms with Crippen molar-refractivity contribution in [3.63, 3.8) is 0 Å². The normalized spacial score (nSPS) is 11.3. The summed E-state index contributed by atoms with van der Waals surface area (Å²) in [5, 5.41) is 3.32. The van der Waals surface area contributed by atoms with E-state index in [4.69, 9.17) is 23.2 Å². The summed E-state index contributed by atoms with van der Waals surface area (Å²) >= 11 is 12.2. The predicted octanol–water partition coefficient (Wildman–Crippen LogP) is 5.08. The summed E-state index contributed by atoms with van der Waals surface area (Å²) in [5.74, 6) is 0. The van der Waals surface area contributed by atoms with E-state index < -0.39 is 0 Å². The molecule has 5 heteroatoms. The minimum Gasteiger partial charge on any atom is -0.346 e. The van der Waals surface area contributed by atoms with Crippen LogP contribution >= 0.6 is 23.2 Å². The molecule has 0 amide bonds. The highest BCUT2D eigenvalue weighted by atomic mass is 35.5. The number of hydrogen-bond donors (Lipinski definition) is 1. The fraction of sp³-hybridized carbons (Fsp3) is 0. The Hall–Kier alpha value is -2.10. The molecule has 0 aliphatic carbocycles. The molecule has 0 bridgehead atoms. The predicted molar refractivity (Wildman–Crippen MR) is 86.9 cm³/mol. The van der Waals surface area contributed by atoms with Gasteiger partial charge in [0.25, 0.3) is 0 Å². The van der Waals surface area contributed by atoms with Gasteiger partial charge < -0.3 is 4.98 Å². The van der Waals surface area contributed by atoms with Crippen LogP contribution in [-0.4, -0.2) is 15.0 Å². The smallest absolute Gasteiger partial charge is 0.0923 e. The Labute approximate surface area is 130 Å². The zero-order valence-corrected chi connectivity index (χ0v) is 12.3. The number of fused-ring (bicyclic) bond motifs is 3. The molecule has 4 aromatic rings. The topological polar surface area (TPSA) is 41.6 Å². The van der Waals surface area contributed by atoms with Crippen molar-refractivity contribution < 1.29 is 0 Å². The average molecular weight is 314 g/mol. The largest absolute Gasteiger partial charge is 0.346 e. The molecule has 0 aliphatic heterocycles. The van der Waals surface area contributed by atoms with Gasteiger partial charge in [0, 0.05) is 44.3 Å². The number of hydrogen-bond acceptors (Lipinski definition) is 2. The van der Waals surface area contributed by atoms with E-state index in [9.17, 15) is 0 Å². The lowest BCUT2D eigenvalue weighted by Crippen LogP contribution is -1.87. The van der Waals surface area contributed by atoms with Crippen LogP contribution in [0.5, 0.6) is 0 Å². The molecule has 0 radical (unpaired) electrons. The minimum absolute atomic E-state index is 0.607. The molecule has 102 valence electrons. The van der Waals surface area contributed by atoms with Gasteiger partial charge >= 0.3 is 0 Å². The Bertz CT molecular complexity index is 956. The molecule has 4 rings (SSSR count). The molecule has 2 aromatic carbocycles. The molecular weight excluding hydrogens is 305 g/mol. The monoisotopic (exact) mass is 313 g/mol. The maximum absolute atomic E-state index is 6.12. The number of nitrogens with one attached hydrogen (secondary N) is 1. The highest BCUT2D eigenvalue weighted by Gasteiger charge is 2.11. The molecule has 0 aliphatic rings. The van der Waals surface area contributed by atoms with E-state index in [0.29, 0.717) is 10.0 Å². The summed E-state index contributed by atoms with van der Waals surface area (Å²) in [7, 11) is 0. The van der Waals surface area contributed by atoms with E-state index in [-0.39, 0.29) is 0 Å². The van der Waals surface area contributed by atoms with Crippen LogP contribution in [0.1, 0.15) is 0 Å². The molecule has 1 N–H and O–H groups in total. The second-order valence-corrected chi connectivity index (χ2v) is 5.68. The van der Waals surface area contributed by atoms with E-state index in [1.807, 2.05) is 30.5 Å². The molecule has 0 spiro atoms. The van der Waals surface area contributed by atoms with Gasteiger partial charge in [-0.2, -0.15) is 0 Å². The number of benzene rings is 2. The van der Waals surface area contributed by atoms with Gasteiger partial charge in [-0.05, 0) is 35.9 Å². The fourth-order valence-electron chi connectivity index (χ4n) is 2.61. The Kier molecular flexibility index (Phi) is 2.84. The second kappa shape index (κ2) is 4.72. The third-order valence-electron chi connectivity index (χ3n) is 3.50. The first kappa shape index (κ1) is 12.6. The van der Waals surface area contributed by atoms with Crippen LogP contribution in [0.3, 0.4) is 0 Å². The average Bonchev–Trinajstić information content (AvgIpc) is 2.95. The van der Waals surface area contributed by atoms with Crippen LogP contribution in [0, 0.1) is 0 Å². The van der Waals surface area contributed by atoms with Crippen molar-refractivity contribution in [1.29, 1.82) is 0 Å². The molecule has 2 aromatic heterocycles. The molecule has 3 nitrogen and oxygen atoms in total. The molecule has 0 saturated heterocycles. The molecule has 2 heterocycles. The van der Waals surface area contributed by atoms with Crippen LogP contribution in [0.4, 0.5) is 0 Å². The molecule has 0 saturated carbocycles. The van der Waals surface area contributed by atoms with Crippen LogP contribution < -0.4 is 0 Å². The van der Waals surface area contributed by atoms with Crippen LogP contribution in [-0.2, 0) is 0 Å². The highest BCUT2D eigenvalue weighted by Crippen LogP contribution is 2.35. The van der Waals surface area contributed by atoms with Gasteiger partial charge in [-0.15, -0.1) is 0 Å². The number of halogens is 2. The number of aromatic amines is 1. The van der Waals surface area contributed by atoms with Crippen LogP contribution in [0.2, 0.25) is 10.0 Å². The summed E-state index contributed by atoms with van der Waals surface area (Å²) in [4.78, 5) is 11.8. The van der Waals surface area contributed by atoms with Gasteiger partial charge in [0.1, 0.15) is 0 Å². The first-order chi connectivity index (χ1) is 10.2. The third-order valence-corrected chi connectivity index (χ3v) is 3.93. The summed E-state index contributed by atoms with van der Waals surface area (Å²) in [6.45, 7) is 0. The van der Waals surface area contributed by atoms with Crippen molar-refractivity contribution in [3.8, 4) is 11.1 Å². The van der Waals surface area contributed by atoms with Crippen molar-refractivity contribution in [1.82, 2.24) is 15.0 Å². The lowest BCUT2D eigenvalue weighted by Gasteiger charge is -2.08. The van der Waals surface area contributed by atoms with Gasteiger partial charge in [-0.3, -0.25) is 4.98 Å². The molecule has 0 atom stereocenters. The standard InChI is InChI=1S/C16H9Cl2N3/c17-10-3-9(4-11(18)5-10)13-6-15-14(7-19-8-21-15)12-1-2-20-16(12)13/h1-8H,(H,19,21). The van der Waals surface area contributed by atoms with Gasteiger partial charge in [0.2, 0.25) is 0 Å². The van der Waals surface area contributed by atoms with Gasteiger partial charge in [0.05, 0.1) is 11.8 Å². The van der Waals surface area contributed by atoms with Crippen molar-refractivity contribution >= 4 is 45.0 Å². The van der Waals surface area contributed by atoms with Gasteiger partial charge in [0.15, 0.2) is 0 Å². The molecule has 0 fully saturated rings. The molecule has 21 heavy (non-hydrogen) atoms. The van der Waals surface area contributed by atoms with Crippen LogP contribution in [0.25, 0.3) is 32.9 Å². The van der Waals surface area contributed by atoms with Gasteiger partial charge in [-0.25, -0.2) is 4.98 Å². The van der Waals surface area contributed by atoms with E-state index >= 15 is 0 Å². The SMILES string of the molecule is Clc1cc(Cl)cc(-c2cc3[nH]cncc3c3ccnc23)c1. The fourth-order valence-corrected chi connectivity index (χ4v) is 3.13. The summed E-state index contributed by atoms with van der Waals surface area (Å²) in [6, 6.07) is 9.55.